The maximum Gasteiger partial charge on any atom is 0.143 e. The van der Waals surface area contributed by atoms with E-state index >= 15 is 0 Å². The predicted octanol–water partition coefficient (Wildman–Crippen LogP) is 16.1. The molecule has 11 aromatic rings. The Labute approximate surface area is 335 Å². The van der Waals surface area contributed by atoms with Crippen molar-refractivity contribution >= 4 is 70.5 Å². The lowest BCUT2D eigenvalue weighted by atomic mass is 9.99. The number of nitrogens with zero attached hydrogens (tertiary/aromatic N) is 1. The molecule has 0 unspecified atom stereocenters. The van der Waals surface area contributed by atoms with E-state index in [1.807, 2.05) is 23.5 Å². The van der Waals surface area contributed by atoms with Crippen molar-refractivity contribution in [1.82, 2.24) is 0 Å². The van der Waals surface area contributed by atoms with Crippen LogP contribution in [-0.4, -0.2) is 0 Å². The van der Waals surface area contributed by atoms with Crippen molar-refractivity contribution in [3.05, 3.63) is 212 Å². The van der Waals surface area contributed by atoms with Gasteiger partial charge in [-0.15, -0.1) is 11.3 Å². The Balaban J connectivity index is 1.00. The summed E-state index contributed by atoms with van der Waals surface area (Å²) in [6, 6.07) is 76.3. The molecule has 0 spiro atoms. The van der Waals surface area contributed by atoms with E-state index in [0.29, 0.717) is 0 Å². The van der Waals surface area contributed by atoms with Crippen LogP contribution in [0.5, 0.6) is 0 Å². The monoisotopic (exact) mass is 745 g/mol. The fourth-order valence-electron chi connectivity index (χ4n) is 8.29. The molecule has 3 heteroatoms. The van der Waals surface area contributed by atoms with E-state index in [1.165, 1.54) is 53.6 Å². The largest absolute Gasteiger partial charge is 0.455 e. The predicted molar refractivity (Wildman–Crippen MR) is 243 cm³/mol. The third-order valence-corrected chi connectivity index (χ3v) is 12.3. The number of furan rings is 1. The van der Waals surface area contributed by atoms with Crippen LogP contribution in [0.1, 0.15) is 0 Å². The third kappa shape index (κ3) is 5.88. The summed E-state index contributed by atoms with van der Waals surface area (Å²) in [6.07, 6.45) is 0. The molecule has 9 aromatic carbocycles. The number of rotatable bonds is 7. The summed E-state index contributed by atoms with van der Waals surface area (Å²) in [7, 11) is 0. The molecule has 268 valence electrons. The Morgan fingerprint density at radius 1 is 0.333 bits per heavy atom. The molecule has 0 atom stereocenters. The van der Waals surface area contributed by atoms with E-state index in [-0.39, 0.29) is 0 Å². The summed E-state index contributed by atoms with van der Waals surface area (Å²) in [5.74, 6) is 0. The van der Waals surface area contributed by atoms with Gasteiger partial charge >= 0.3 is 0 Å². The third-order valence-electron chi connectivity index (χ3n) is 11.1. The number of hydrogen-bond donors (Lipinski definition) is 0. The second-order valence-corrected chi connectivity index (χ2v) is 15.5. The molecule has 2 nitrogen and oxygen atoms in total. The van der Waals surface area contributed by atoms with E-state index in [0.717, 1.165) is 50.1 Å². The van der Waals surface area contributed by atoms with Gasteiger partial charge in [0.1, 0.15) is 11.2 Å². The van der Waals surface area contributed by atoms with Gasteiger partial charge in [-0.25, -0.2) is 0 Å². The molecule has 0 radical (unpaired) electrons. The summed E-state index contributed by atoms with van der Waals surface area (Å²) in [6.45, 7) is 0. The number of benzene rings is 9. The smallest absolute Gasteiger partial charge is 0.143 e. The van der Waals surface area contributed by atoms with E-state index in [1.54, 1.807) is 0 Å². The molecular weight excluding hydrogens is 711 g/mol. The summed E-state index contributed by atoms with van der Waals surface area (Å²) in [5, 5.41) is 4.89. The van der Waals surface area contributed by atoms with Crippen molar-refractivity contribution in [2.75, 3.05) is 4.90 Å². The molecule has 0 aliphatic rings. The summed E-state index contributed by atoms with van der Waals surface area (Å²) in [4.78, 5) is 2.36. The van der Waals surface area contributed by atoms with Crippen LogP contribution in [0.4, 0.5) is 17.1 Å². The van der Waals surface area contributed by atoms with Gasteiger partial charge in [0, 0.05) is 53.6 Å². The van der Waals surface area contributed by atoms with Gasteiger partial charge in [0.2, 0.25) is 0 Å². The van der Waals surface area contributed by atoms with Gasteiger partial charge in [-0.3, -0.25) is 0 Å². The zero-order valence-electron chi connectivity index (χ0n) is 31.0. The topological polar surface area (TPSA) is 16.4 Å². The molecule has 0 N–H and O–H groups in total. The Kier molecular flexibility index (Phi) is 8.04. The highest BCUT2D eigenvalue weighted by Crippen LogP contribution is 2.43. The maximum atomic E-state index is 6.43. The normalized spacial score (nSPS) is 11.5. The standard InChI is InChI=1S/C54H35NOS/c1-2-11-36(12-3-1)37-23-25-38(26-24-37)39-27-31-42(32-28-39)55(43-33-29-40(30-34-43)45-17-9-19-49-47-15-4-6-21-51(47)56-53(45)49)44-14-8-13-41(35-44)46-18-10-20-50-48-16-5-7-22-52(48)57-54(46)50/h1-35H. The van der Waals surface area contributed by atoms with Gasteiger partial charge in [0.15, 0.2) is 0 Å². The molecule has 0 saturated heterocycles. The number of hydrogen-bond acceptors (Lipinski definition) is 3. The van der Waals surface area contributed by atoms with Crippen LogP contribution < -0.4 is 4.90 Å². The van der Waals surface area contributed by atoms with Crippen LogP contribution in [0.15, 0.2) is 217 Å². The Bertz CT molecular complexity index is 3210. The molecular formula is C54H35NOS. The van der Waals surface area contributed by atoms with Crippen LogP contribution in [0.25, 0.3) is 86.6 Å². The second-order valence-electron chi connectivity index (χ2n) is 14.5. The number of para-hydroxylation sites is 2. The first kappa shape index (κ1) is 33.2. The highest BCUT2D eigenvalue weighted by molar-refractivity contribution is 7.26. The van der Waals surface area contributed by atoms with Gasteiger partial charge in [-0.1, -0.05) is 164 Å². The minimum absolute atomic E-state index is 0.907. The molecule has 2 heterocycles. The van der Waals surface area contributed by atoms with E-state index < -0.39 is 0 Å². The summed E-state index contributed by atoms with van der Waals surface area (Å²) in [5.41, 5.74) is 14.5. The van der Waals surface area contributed by atoms with Crippen LogP contribution in [0.2, 0.25) is 0 Å². The molecule has 57 heavy (non-hydrogen) atoms. The summed E-state index contributed by atoms with van der Waals surface area (Å²) >= 11 is 1.87. The van der Waals surface area contributed by atoms with Gasteiger partial charge in [0.25, 0.3) is 0 Å². The molecule has 0 aliphatic carbocycles. The van der Waals surface area contributed by atoms with E-state index in [4.69, 9.17) is 4.42 Å². The van der Waals surface area contributed by atoms with Crippen molar-refractivity contribution in [1.29, 1.82) is 0 Å². The fourth-order valence-corrected chi connectivity index (χ4v) is 9.53. The first-order chi connectivity index (χ1) is 28.2. The van der Waals surface area contributed by atoms with Gasteiger partial charge in [0.05, 0.1) is 0 Å². The highest BCUT2D eigenvalue weighted by atomic mass is 32.1. The van der Waals surface area contributed by atoms with Crippen molar-refractivity contribution in [2.24, 2.45) is 0 Å². The molecule has 0 fully saturated rings. The Hall–Kier alpha value is -7.20. The second kappa shape index (κ2) is 13.8. The van der Waals surface area contributed by atoms with Crippen molar-refractivity contribution in [3.8, 4) is 44.5 Å². The number of fused-ring (bicyclic) bond motifs is 6. The zero-order chi connectivity index (χ0) is 37.7. The van der Waals surface area contributed by atoms with Crippen LogP contribution in [0.3, 0.4) is 0 Å². The Morgan fingerprint density at radius 2 is 0.860 bits per heavy atom. The number of thiophene rings is 1. The lowest BCUT2D eigenvalue weighted by Crippen LogP contribution is -2.10. The zero-order valence-corrected chi connectivity index (χ0v) is 31.8. The first-order valence-corrected chi connectivity index (χ1v) is 20.1. The molecule has 0 amide bonds. The average Bonchev–Trinajstić information content (AvgIpc) is 3.86. The highest BCUT2D eigenvalue weighted by Gasteiger charge is 2.17. The average molecular weight is 746 g/mol. The van der Waals surface area contributed by atoms with Crippen LogP contribution >= 0.6 is 11.3 Å². The maximum absolute atomic E-state index is 6.43. The molecule has 11 rings (SSSR count). The molecule has 2 aromatic heterocycles. The quantitative estimate of drug-likeness (QED) is 0.162. The SMILES string of the molecule is c1ccc(-c2ccc(-c3ccc(N(c4ccc(-c5cccc6c5oc5ccccc56)cc4)c4cccc(-c5cccc6c5sc5ccccc56)c4)cc3)cc2)cc1. The van der Waals surface area contributed by atoms with Crippen molar-refractivity contribution < 1.29 is 4.42 Å². The van der Waals surface area contributed by atoms with Crippen molar-refractivity contribution in [2.45, 2.75) is 0 Å². The minimum Gasteiger partial charge on any atom is -0.455 e. The number of anilines is 3. The molecule has 0 saturated carbocycles. The van der Waals surface area contributed by atoms with E-state index in [2.05, 4.69) is 205 Å². The lowest BCUT2D eigenvalue weighted by Gasteiger charge is -2.26. The summed E-state index contributed by atoms with van der Waals surface area (Å²) < 4.78 is 9.05. The lowest BCUT2D eigenvalue weighted by molar-refractivity contribution is 0.670. The Morgan fingerprint density at radius 3 is 1.60 bits per heavy atom. The van der Waals surface area contributed by atoms with Gasteiger partial charge in [-0.05, 0) is 87.5 Å². The van der Waals surface area contributed by atoms with E-state index in [9.17, 15) is 0 Å². The van der Waals surface area contributed by atoms with Gasteiger partial charge < -0.3 is 9.32 Å². The van der Waals surface area contributed by atoms with Crippen LogP contribution in [0, 0.1) is 0 Å². The fraction of sp³-hybridized carbons (Fsp3) is 0. The first-order valence-electron chi connectivity index (χ1n) is 19.3. The molecule has 0 aliphatic heterocycles. The van der Waals surface area contributed by atoms with Crippen molar-refractivity contribution in [3.63, 3.8) is 0 Å². The minimum atomic E-state index is 0.907. The molecule has 0 bridgehead atoms. The van der Waals surface area contributed by atoms with Crippen LogP contribution in [-0.2, 0) is 0 Å². The van der Waals surface area contributed by atoms with Gasteiger partial charge in [-0.2, -0.15) is 0 Å².